The van der Waals surface area contributed by atoms with E-state index in [1.54, 1.807) is 0 Å². The van der Waals surface area contributed by atoms with Gasteiger partial charge in [-0.1, -0.05) is 12.1 Å². The molecular weight excluding hydrogens is 420 g/mol. The van der Waals surface area contributed by atoms with Crippen molar-refractivity contribution in [3.63, 3.8) is 0 Å². The van der Waals surface area contributed by atoms with E-state index >= 15 is 0 Å². The fraction of sp³-hybridized carbons (Fsp3) is 0.333. The van der Waals surface area contributed by atoms with Gasteiger partial charge in [-0.2, -0.15) is 4.98 Å². The van der Waals surface area contributed by atoms with E-state index in [4.69, 9.17) is 10.5 Å². The lowest BCUT2D eigenvalue weighted by Crippen LogP contribution is -2.35. The molecule has 1 aromatic heterocycles. The van der Waals surface area contributed by atoms with E-state index in [1.165, 1.54) is 6.33 Å². The molecule has 2 heterocycles. The first kappa shape index (κ1) is 22.6. The zero-order chi connectivity index (χ0) is 23.0. The third-order valence-electron chi connectivity index (χ3n) is 5.60. The van der Waals surface area contributed by atoms with Gasteiger partial charge in [0.15, 0.2) is 5.82 Å². The van der Waals surface area contributed by atoms with Gasteiger partial charge in [0.1, 0.15) is 18.7 Å². The van der Waals surface area contributed by atoms with Crippen LogP contribution in [-0.4, -0.2) is 57.2 Å². The molecule has 1 fully saturated rings. The molecule has 0 spiro atoms. The van der Waals surface area contributed by atoms with Gasteiger partial charge in [0.25, 0.3) is 0 Å². The Morgan fingerprint density at radius 3 is 2.67 bits per heavy atom. The molecule has 1 aliphatic rings. The Morgan fingerprint density at radius 1 is 1.15 bits per heavy atom. The molecule has 0 radical (unpaired) electrons. The van der Waals surface area contributed by atoms with Crippen LogP contribution in [0.5, 0.6) is 5.75 Å². The minimum Gasteiger partial charge on any atom is -0.492 e. The third-order valence-corrected chi connectivity index (χ3v) is 5.60. The van der Waals surface area contributed by atoms with Gasteiger partial charge in [-0.05, 0) is 67.9 Å². The number of carboxylic acids is 1. The number of rotatable bonds is 9. The summed E-state index contributed by atoms with van der Waals surface area (Å²) in [5.41, 5.74) is 8.36. The van der Waals surface area contributed by atoms with Crippen LogP contribution >= 0.6 is 0 Å². The van der Waals surface area contributed by atoms with Crippen molar-refractivity contribution < 1.29 is 14.6 Å². The van der Waals surface area contributed by atoms with E-state index < -0.39 is 5.97 Å². The topological polar surface area (TPSA) is 126 Å². The summed E-state index contributed by atoms with van der Waals surface area (Å²) in [4.78, 5) is 26.5. The fourth-order valence-electron chi connectivity index (χ4n) is 3.85. The van der Waals surface area contributed by atoms with Crippen LogP contribution in [0.3, 0.4) is 0 Å². The smallest absolute Gasteiger partial charge is 0.306 e. The zero-order valence-electron chi connectivity index (χ0n) is 18.4. The number of carboxylic acid groups (broad SMARTS) is 1. The lowest BCUT2D eigenvalue weighted by Gasteiger charge is -2.30. The SMILES string of the molecule is NCCOc1ccc(-c2ncnc(Nc3cccc(CN4CCC(C(=O)O)CC4)c3)n2)cc1. The van der Waals surface area contributed by atoms with Gasteiger partial charge in [0.2, 0.25) is 5.95 Å². The summed E-state index contributed by atoms with van der Waals surface area (Å²) < 4.78 is 5.51. The number of benzene rings is 2. The number of likely N-dealkylation sites (tertiary alicyclic amines) is 1. The number of nitrogens with one attached hydrogen (secondary N) is 1. The van der Waals surface area contributed by atoms with Gasteiger partial charge in [-0.3, -0.25) is 9.69 Å². The van der Waals surface area contributed by atoms with Crippen molar-refractivity contribution in [2.45, 2.75) is 19.4 Å². The van der Waals surface area contributed by atoms with Gasteiger partial charge in [0, 0.05) is 24.3 Å². The number of piperidine rings is 1. The van der Waals surface area contributed by atoms with E-state index in [0.29, 0.717) is 37.8 Å². The van der Waals surface area contributed by atoms with Crippen molar-refractivity contribution in [1.82, 2.24) is 19.9 Å². The normalized spacial score (nSPS) is 14.7. The molecule has 1 saturated heterocycles. The second-order valence-electron chi connectivity index (χ2n) is 8.01. The van der Waals surface area contributed by atoms with Crippen molar-refractivity contribution in [1.29, 1.82) is 0 Å². The van der Waals surface area contributed by atoms with Crippen molar-refractivity contribution in [2.24, 2.45) is 11.7 Å². The lowest BCUT2D eigenvalue weighted by atomic mass is 9.97. The standard InChI is InChI=1S/C24H28N6O3/c25-10-13-33-21-6-4-18(5-7-21)22-26-16-27-24(29-22)28-20-3-1-2-17(14-20)15-30-11-8-19(9-12-30)23(31)32/h1-7,14,16,19H,8-13,15,25H2,(H,31,32)(H,26,27,28,29). The molecule has 0 aliphatic carbocycles. The first-order valence-electron chi connectivity index (χ1n) is 11.0. The maximum absolute atomic E-state index is 11.2. The highest BCUT2D eigenvalue weighted by Gasteiger charge is 2.24. The molecule has 2 aromatic carbocycles. The van der Waals surface area contributed by atoms with Gasteiger partial charge in [0.05, 0.1) is 5.92 Å². The molecule has 9 nitrogen and oxygen atoms in total. The van der Waals surface area contributed by atoms with Crippen LogP contribution < -0.4 is 15.8 Å². The van der Waals surface area contributed by atoms with Gasteiger partial charge in [-0.25, -0.2) is 9.97 Å². The number of hydrogen-bond donors (Lipinski definition) is 3. The van der Waals surface area contributed by atoms with Gasteiger partial charge < -0.3 is 20.9 Å². The van der Waals surface area contributed by atoms with Crippen molar-refractivity contribution >= 4 is 17.6 Å². The molecule has 0 bridgehead atoms. The summed E-state index contributed by atoms with van der Waals surface area (Å²) in [5, 5.41) is 12.4. The molecule has 4 N–H and O–H groups in total. The number of aliphatic carboxylic acids is 1. The summed E-state index contributed by atoms with van der Waals surface area (Å²) in [6, 6.07) is 15.6. The van der Waals surface area contributed by atoms with Crippen molar-refractivity contribution in [3.05, 3.63) is 60.4 Å². The van der Waals surface area contributed by atoms with Gasteiger partial charge >= 0.3 is 5.97 Å². The van der Waals surface area contributed by atoms with Crippen LogP contribution in [-0.2, 0) is 11.3 Å². The Hall–Kier alpha value is -3.56. The van der Waals surface area contributed by atoms with Crippen LogP contribution in [0.25, 0.3) is 11.4 Å². The molecule has 0 atom stereocenters. The van der Waals surface area contributed by atoms with Crippen LogP contribution in [0.4, 0.5) is 11.6 Å². The average molecular weight is 449 g/mol. The quantitative estimate of drug-likeness (QED) is 0.453. The molecule has 0 saturated carbocycles. The van der Waals surface area contributed by atoms with E-state index in [-0.39, 0.29) is 5.92 Å². The Bertz CT molecular complexity index is 1070. The second kappa shape index (κ2) is 10.8. The molecule has 3 aromatic rings. The van der Waals surface area contributed by atoms with E-state index in [0.717, 1.165) is 42.2 Å². The van der Waals surface area contributed by atoms with Crippen LogP contribution in [0, 0.1) is 5.92 Å². The predicted molar refractivity (Wildman–Crippen MR) is 125 cm³/mol. The fourth-order valence-corrected chi connectivity index (χ4v) is 3.85. The Balaban J connectivity index is 1.39. The van der Waals surface area contributed by atoms with E-state index in [9.17, 15) is 9.90 Å². The predicted octanol–water partition coefficient (Wildman–Crippen LogP) is 2.92. The number of hydrogen-bond acceptors (Lipinski definition) is 8. The summed E-state index contributed by atoms with van der Waals surface area (Å²) in [6.07, 6.45) is 2.88. The monoisotopic (exact) mass is 448 g/mol. The number of nitrogens with zero attached hydrogens (tertiary/aromatic N) is 4. The number of carbonyl (C=O) groups is 1. The summed E-state index contributed by atoms with van der Waals surface area (Å²) in [5.74, 6) is 0.870. The van der Waals surface area contributed by atoms with Crippen LogP contribution in [0.2, 0.25) is 0 Å². The number of aromatic nitrogens is 3. The first-order chi connectivity index (χ1) is 16.1. The molecule has 1 aliphatic heterocycles. The molecule has 0 unspecified atom stereocenters. The van der Waals surface area contributed by atoms with Crippen molar-refractivity contribution in [2.75, 3.05) is 31.6 Å². The van der Waals surface area contributed by atoms with Crippen molar-refractivity contribution in [3.8, 4) is 17.1 Å². The van der Waals surface area contributed by atoms with Crippen LogP contribution in [0.1, 0.15) is 18.4 Å². The van der Waals surface area contributed by atoms with E-state index in [1.807, 2.05) is 36.4 Å². The van der Waals surface area contributed by atoms with Gasteiger partial charge in [-0.15, -0.1) is 0 Å². The highest BCUT2D eigenvalue weighted by atomic mass is 16.5. The zero-order valence-corrected chi connectivity index (χ0v) is 18.4. The minimum atomic E-state index is -0.687. The number of ether oxygens (including phenoxy) is 1. The molecule has 0 amide bonds. The number of nitrogens with two attached hydrogens (primary N) is 1. The highest BCUT2D eigenvalue weighted by molar-refractivity contribution is 5.70. The second-order valence-corrected chi connectivity index (χ2v) is 8.01. The minimum absolute atomic E-state index is 0.220. The highest BCUT2D eigenvalue weighted by Crippen LogP contribution is 2.23. The first-order valence-corrected chi connectivity index (χ1v) is 11.0. The maximum atomic E-state index is 11.2. The summed E-state index contributed by atoms with van der Waals surface area (Å²) >= 11 is 0. The molecule has 33 heavy (non-hydrogen) atoms. The molecular formula is C24H28N6O3. The van der Waals surface area contributed by atoms with E-state index in [2.05, 4.69) is 37.3 Å². The molecule has 9 heteroatoms. The Morgan fingerprint density at radius 2 is 1.94 bits per heavy atom. The Kier molecular flexibility index (Phi) is 7.43. The van der Waals surface area contributed by atoms with Crippen LogP contribution in [0.15, 0.2) is 54.9 Å². The molecule has 4 rings (SSSR count). The lowest BCUT2D eigenvalue weighted by molar-refractivity contribution is -0.143. The molecule has 172 valence electrons. The summed E-state index contributed by atoms with van der Waals surface area (Å²) in [6.45, 7) is 3.30. The maximum Gasteiger partial charge on any atom is 0.306 e. The largest absolute Gasteiger partial charge is 0.492 e. The third kappa shape index (κ3) is 6.24. The summed E-state index contributed by atoms with van der Waals surface area (Å²) in [7, 11) is 0. The number of anilines is 2. The average Bonchev–Trinajstić information content (AvgIpc) is 2.84. The Labute approximate surface area is 192 Å².